The molecular weight excluding hydrogens is 732 g/mol. The maximum atomic E-state index is 13.6. The van der Waals surface area contributed by atoms with Gasteiger partial charge < -0.3 is 10.2 Å². The van der Waals surface area contributed by atoms with E-state index in [0.717, 1.165) is 0 Å². The lowest BCUT2D eigenvalue weighted by molar-refractivity contribution is -0.496. The lowest BCUT2D eigenvalue weighted by Gasteiger charge is -2.46. The minimum absolute atomic E-state index is 7.54. The van der Waals surface area contributed by atoms with Crippen molar-refractivity contribution < 1.29 is 133 Å². The van der Waals surface area contributed by atoms with E-state index in [1.165, 1.54) is 0 Å². The maximum Gasteiger partial charge on any atom is 0.460 e. The highest BCUT2D eigenvalue weighted by Crippen LogP contribution is 2.68. The Morgan fingerprint density at radius 1 is 0.205 bits per heavy atom. The predicted molar refractivity (Wildman–Crippen MR) is 73.7 cm³/mol. The average molecular weight is 734 g/mol. The van der Waals surface area contributed by atoms with Gasteiger partial charge in [-0.2, -0.15) is 123 Å². The Morgan fingerprint density at radius 2 is 0.341 bits per heavy atom. The first kappa shape index (κ1) is 42.0. The number of hydrogen-bond acceptors (Lipinski definition) is 2. The molecule has 2 N–H and O–H groups in total. The first-order valence-corrected chi connectivity index (χ1v) is 8.99. The van der Waals surface area contributed by atoms with E-state index in [-0.39, 0.29) is 0 Å². The lowest BCUT2D eigenvalue weighted by Crippen LogP contribution is -2.79. The molecule has 0 aliphatic heterocycles. The third kappa shape index (κ3) is 4.59. The highest BCUT2D eigenvalue weighted by Gasteiger charge is 3.00. The Bertz CT molecular complexity index is 973. The van der Waals surface area contributed by atoms with Crippen LogP contribution in [0.25, 0.3) is 0 Å². The summed E-state index contributed by atoms with van der Waals surface area (Å²) in [6.45, 7) is 0. The van der Waals surface area contributed by atoms with Crippen LogP contribution in [0.3, 0.4) is 0 Å². The summed E-state index contributed by atoms with van der Waals surface area (Å²) in [6, 6.07) is 0. The SMILES string of the molecule is OC(F)(F)C(O)(F)C(F)(F)C(F)(F)C(F)(F)C(F)(F)C(F)(F)C(F)(F)C(F)(F)C(F)(F)C(F)(F)C(F)(F)C(F)(F)C(F)(F)F. The van der Waals surface area contributed by atoms with E-state index in [2.05, 4.69) is 0 Å². The summed E-state index contributed by atoms with van der Waals surface area (Å²) in [6.07, 6.45) is -15.9. The van der Waals surface area contributed by atoms with Crippen LogP contribution in [0, 0.1) is 0 Å². The largest absolute Gasteiger partial charge is 0.460 e. The fraction of sp³-hybridized carbons (Fsp3) is 1.00. The van der Waals surface area contributed by atoms with Crippen molar-refractivity contribution in [3.63, 3.8) is 0 Å². The van der Waals surface area contributed by atoms with Gasteiger partial charge in [-0.3, -0.25) is 0 Å². The maximum absolute atomic E-state index is 13.6. The van der Waals surface area contributed by atoms with E-state index < -0.39 is 83.3 Å². The molecule has 0 spiro atoms. The van der Waals surface area contributed by atoms with Gasteiger partial charge >= 0.3 is 83.3 Å². The number of alkyl halides is 28. The number of aliphatic hydroxyl groups is 2. The quantitative estimate of drug-likeness (QED) is 0.201. The molecule has 0 radical (unpaired) electrons. The standard InChI is InChI=1S/C14H2F28O2/c15-1(16,3(19,20)5(23,24)7(27,28)9(31,32)11(35,36)13(38,39)40)2(17,18)4(21,22)6(25,26)8(29,30)10(33,34)12(37,43)14(41,42)44/h43-44H. The summed E-state index contributed by atoms with van der Waals surface area (Å²) in [4.78, 5) is 0. The van der Waals surface area contributed by atoms with E-state index in [1.54, 1.807) is 0 Å². The van der Waals surface area contributed by atoms with E-state index in [9.17, 15) is 123 Å². The third-order valence-electron chi connectivity index (χ3n) is 5.11. The number of hydrogen-bond donors (Lipinski definition) is 2. The van der Waals surface area contributed by atoms with E-state index >= 15 is 0 Å². The Morgan fingerprint density at radius 3 is 0.477 bits per heavy atom. The summed E-state index contributed by atoms with van der Waals surface area (Å²) < 4.78 is 367. The van der Waals surface area contributed by atoms with Gasteiger partial charge in [-0.1, -0.05) is 0 Å². The third-order valence-corrected chi connectivity index (χ3v) is 5.11. The van der Waals surface area contributed by atoms with Crippen LogP contribution in [-0.4, -0.2) is 93.5 Å². The number of halogens is 28. The molecule has 0 saturated heterocycles. The van der Waals surface area contributed by atoms with Crippen LogP contribution in [0.1, 0.15) is 0 Å². The van der Waals surface area contributed by atoms with Crippen molar-refractivity contribution in [2.75, 3.05) is 0 Å². The van der Waals surface area contributed by atoms with Gasteiger partial charge in [0.15, 0.2) is 0 Å². The molecule has 0 fully saturated rings. The first-order valence-electron chi connectivity index (χ1n) is 8.99. The second kappa shape index (κ2) is 9.74. The van der Waals surface area contributed by atoms with E-state index in [1.807, 2.05) is 0 Å². The highest BCUT2D eigenvalue weighted by molar-refractivity contribution is 5.20. The van der Waals surface area contributed by atoms with Gasteiger partial charge in [0.05, 0.1) is 0 Å². The first-order chi connectivity index (χ1) is 18.2. The molecule has 1 unspecified atom stereocenters. The fourth-order valence-electron chi connectivity index (χ4n) is 2.35. The van der Waals surface area contributed by atoms with Gasteiger partial charge in [-0.15, -0.1) is 0 Å². The van der Waals surface area contributed by atoms with Crippen LogP contribution in [0.4, 0.5) is 123 Å². The number of rotatable bonds is 12. The van der Waals surface area contributed by atoms with Crippen molar-refractivity contribution in [3.05, 3.63) is 0 Å². The molecule has 30 heteroatoms. The molecule has 0 aromatic rings. The van der Waals surface area contributed by atoms with Crippen molar-refractivity contribution in [2.24, 2.45) is 0 Å². The zero-order valence-electron chi connectivity index (χ0n) is 18.5. The van der Waals surface area contributed by atoms with Gasteiger partial charge in [0.1, 0.15) is 0 Å². The molecule has 266 valence electrons. The Balaban J connectivity index is 7.52. The van der Waals surface area contributed by atoms with Gasteiger partial charge in [-0.25, -0.2) is 0 Å². The van der Waals surface area contributed by atoms with Gasteiger partial charge in [0, 0.05) is 0 Å². The smallest absolute Gasteiger partial charge is 0.350 e. The van der Waals surface area contributed by atoms with E-state index in [0.29, 0.717) is 0 Å². The second-order valence-electron chi connectivity index (χ2n) is 7.98. The zero-order chi connectivity index (χ0) is 37.0. The van der Waals surface area contributed by atoms with Crippen LogP contribution in [-0.2, 0) is 0 Å². The van der Waals surface area contributed by atoms with Crippen molar-refractivity contribution in [3.8, 4) is 0 Å². The lowest BCUT2D eigenvalue weighted by atomic mass is 9.83. The van der Waals surface area contributed by atoms with Crippen LogP contribution in [0.5, 0.6) is 0 Å². The van der Waals surface area contributed by atoms with Crippen molar-refractivity contribution in [1.82, 2.24) is 0 Å². The molecule has 0 bridgehead atoms. The van der Waals surface area contributed by atoms with Gasteiger partial charge in [0.2, 0.25) is 0 Å². The summed E-state index contributed by atoms with van der Waals surface area (Å²) in [5, 5.41) is 15.4. The van der Waals surface area contributed by atoms with Crippen LogP contribution in [0.15, 0.2) is 0 Å². The normalized spacial score (nSPS) is 18.4. The molecule has 0 amide bonds. The molecule has 1 atom stereocenters. The molecule has 0 aliphatic rings. The second-order valence-corrected chi connectivity index (χ2v) is 7.98. The molecule has 0 rings (SSSR count). The summed E-state index contributed by atoms with van der Waals surface area (Å²) in [5.74, 6) is -113. The molecule has 0 heterocycles. The average Bonchev–Trinajstić information content (AvgIpc) is 2.75. The molecule has 0 aromatic heterocycles. The molecule has 0 aliphatic carbocycles. The molecular formula is C14H2F28O2. The Labute approximate surface area is 218 Å². The zero-order valence-corrected chi connectivity index (χ0v) is 18.5. The molecule has 0 saturated carbocycles. The minimum atomic E-state index is -9.91. The minimum Gasteiger partial charge on any atom is -0.350 e. The fourth-order valence-corrected chi connectivity index (χ4v) is 2.35. The molecule has 0 aromatic carbocycles. The highest BCUT2D eigenvalue weighted by atomic mass is 19.4. The topological polar surface area (TPSA) is 40.5 Å². The molecule has 2 nitrogen and oxygen atoms in total. The van der Waals surface area contributed by atoms with Crippen LogP contribution >= 0.6 is 0 Å². The Hall–Kier alpha value is -2.04. The van der Waals surface area contributed by atoms with Gasteiger partial charge in [0.25, 0.3) is 0 Å². The summed E-state index contributed by atoms with van der Waals surface area (Å²) in [5.41, 5.74) is 0. The Kier molecular flexibility index (Phi) is 9.29. The summed E-state index contributed by atoms with van der Waals surface area (Å²) in [7, 11) is 0. The predicted octanol–water partition coefficient (Wildman–Crippen LogP) is 7.78. The van der Waals surface area contributed by atoms with Crippen molar-refractivity contribution >= 4 is 0 Å². The van der Waals surface area contributed by atoms with E-state index in [4.69, 9.17) is 10.2 Å². The van der Waals surface area contributed by atoms with Crippen LogP contribution < -0.4 is 0 Å². The molecule has 44 heavy (non-hydrogen) atoms. The van der Waals surface area contributed by atoms with Crippen LogP contribution in [0.2, 0.25) is 0 Å². The van der Waals surface area contributed by atoms with Crippen molar-refractivity contribution in [1.29, 1.82) is 0 Å². The summed E-state index contributed by atoms with van der Waals surface area (Å²) >= 11 is 0. The monoisotopic (exact) mass is 734 g/mol. The van der Waals surface area contributed by atoms with Gasteiger partial charge in [-0.05, 0) is 0 Å². The van der Waals surface area contributed by atoms with Crippen molar-refractivity contribution in [2.45, 2.75) is 83.3 Å².